The van der Waals surface area contributed by atoms with Crippen molar-refractivity contribution < 1.29 is 9.53 Å². The Morgan fingerprint density at radius 1 is 1.46 bits per heavy atom. The van der Waals surface area contributed by atoms with Gasteiger partial charge in [0.05, 0.1) is 13.2 Å². The van der Waals surface area contributed by atoms with Crippen molar-refractivity contribution in [2.45, 2.75) is 45.1 Å². The lowest BCUT2D eigenvalue weighted by atomic mass is 9.75. The van der Waals surface area contributed by atoms with Crippen molar-refractivity contribution in [3.63, 3.8) is 0 Å². The maximum Gasteiger partial charge on any atom is 0.319 e. The molecule has 1 rings (SSSR count). The molecule has 0 radical (unpaired) electrons. The van der Waals surface area contributed by atoms with E-state index in [9.17, 15) is 4.79 Å². The lowest BCUT2D eigenvalue weighted by Crippen LogP contribution is -2.52. The molecule has 3 nitrogen and oxygen atoms in total. The van der Waals surface area contributed by atoms with Gasteiger partial charge < -0.3 is 10.1 Å². The van der Waals surface area contributed by atoms with Gasteiger partial charge in [-0.05, 0) is 32.6 Å². The van der Waals surface area contributed by atoms with E-state index in [0.717, 1.165) is 6.42 Å². The highest BCUT2D eigenvalue weighted by Gasteiger charge is 2.34. The van der Waals surface area contributed by atoms with Gasteiger partial charge in [-0.1, -0.05) is 6.92 Å². The molecule has 0 heterocycles. The van der Waals surface area contributed by atoms with Crippen LogP contribution in [0.4, 0.5) is 0 Å². The fraction of sp³-hybridized carbons (Fsp3) is 0.900. The van der Waals surface area contributed by atoms with Gasteiger partial charge in [-0.2, -0.15) is 0 Å². The molecule has 0 aromatic rings. The zero-order valence-electron chi connectivity index (χ0n) is 8.56. The highest BCUT2D eigenvalue weighted by molar-refractivity contribution is 5.71. The number of nitrogens with one attached hydrogen (secondary N) is 1. The SMILES string of the molecule is CCOC(=O)CNC1(CC)CCC1. The van der Waals surface area contributed by atoms with Crippen LogP contribution in [0.3, 0.4) is 0 Å². The van der Waals surface area contributed by atoms with Gasteiger partial charge in [0.25, 0.3) is 0 Å². The molecule has 13 heavy (non-hydrogen) atoms. The minimum atomic E-state index is -0.137. The van der Waals surface area contributed by atoms with E-state index in [0.29, 0.717) is 13.2 Å². The second-order valence-corrected chi connectivity index (χ2v) is 3.65. The van der Waals surface area contributed by atoms with Gasteiger partial charge in [0.1, 0.15) is 0 Å². The summed E-state index contributed by atoms with van der Waals surface area (Å²) in [5.74, 6) is -0.137. The minimum absolute atomic E-state index is 0.137. The largest absolute Gasteiger partial charge is 0.465 e. The third-order valence-electron chi connectivity index (χ3n) is 2.90. The molecular weight excluding hydrogens is 166 g/mol. The molecule has 0 amide bonds. The topological polar surface area (TPSA) is 38.3 Å². The molecule has 0 bridgehead atoms. The normalized spacial score (nSPS) is 19.2. The molecule has 76 valence electrons. The van der Waals surface area contributed by atoms with E-state index in [4.69, 9.17) is 4.74 Å². The van der Waals surface area contributed by atoms with Crippen molar-refractivity contribution in [2.24, 2.45) is 0 Å². The van der Waals surface area contributed by atoms with E-state index in [1.54, 1.807) is 0 Å². The number of hydrogen-bond donors (Lipinski definition) is 1. The molecule has 1 aliphatic carbocycles. The van der Waals surface area contributed by atoms with E-state index in [1.165, 1.54) is 19.3 Å². The number of rotatable bonds is 5. The third-order valence-corrected chi connectivity index (χ3v) is 2.90. The predicted molar refractivity (Wildman–Crippen MR) is 51.5 cm³/mol. The van der Waals surface area contributed by atoms with Crippen LogP contribution >= 0.6 is 0 Å². The smallest absolute Gasteiger partial charge is 0.319 e. The van der Waals surface area contributed by atoms with Crippen LogP contribution in [0.1, 0.15) is 39.5 Å². The monoisotopic (exact) mass is 185 g/mol. The van der Waals surface area contributed by atoms with E-state index >= 15 is 0 Å². The van der Waals surface area contributed by atoms with Gasteiger partial charge in [-0.3, -0.25) is 4.79 Å². The van der Waals surface area contributed by atoms with Crippen LogP contribution in [-0.4, -0.2) is 24.7 Å². The minimum Gasteiger partial charge on any atom is -0.465 e. The third kappa shape index (κ3) is 2.69. The molecule has 0 aromatic carbocycles. The van der Waals surface area contributed by atoms with Crippen molar-refractivity contribution >= 4 is 5.97 Å². The Kier molecular flexibility index (Phi) is 3.72. The molecule has 0 spiro atoms. The van der Waals surface area contributed by atoms with E-state index in [-0.39, 0.29) is 11.5 Å². The Hall–Kier alpha value is -0.570. The molecule has 3 heteroatoms. The Labute approximate surface area is 79.8 Å². The summed E-state index contributed by atoms with van der Waals surface area (Å²) in [5, 5.41) is 3.29. The summed E-state index contributed by atoms with van der Waals surface area (Å²) < 4.78 is 4.85. The fourth-order valence-electron chi connectivity index (χ4n) is 1.73. The van der Waals surface area contributed by atoms with E-state index in [1.807, 2.05) is 6.92 Å². The zero-order valence-corrected chi connectivity index (χ0v) is 8.56. The quantitative estimate of drug-likeness (QED) is 0.659. The second-order valence-electron chi connectivity index (χ2n) is 3.65. The molecule has 1 fully saturated rings. The van der Waals surface area contributed by atoms with Crippen LogP contribution in [0, 0.1) is 0 Å². The predicted octanol–water partition coefficient (Wildman–Crippen LogP) is 1.47. The zero-order chi connectivity index (χ0) is 9.73. The molecule has 0 aromatic heterocycles. The van der Waals surface area contributed by atoms with Crippen molar-refractivity contribution in [3.05, 3.63) is 0 Å². The number of carbonyl (C=O) groups excluding carboxylic acids is 1. The molecule has 0 saturated heterocycles. The number of ether oxygens (including phenoxy) is 1. The lowest BCUT2D eigenvalue weighted by Gasteiger charge is -2.42. The molecule has 1 saturated carbocycles. The highest BCUT2D eigenvalue weighted by Crippen LogP contribution is 2.34. The first-order valence-corrected chi connectivity index (χ1v) is 5.13. The fourth-order valence-corrected chi connectivity index (χ4v) is 1.73. The first-order chi connectivity index (χ1) is 6.22. The molecule has 0 atom stereocenters. The average molecular weight is 185 g/mol. The number of esters is 1. The van der Waals surface area contributed by atoms with Crippen molar-refractivity contribution in [1.29, 1.82) is 0 Å². The Bertz CT molecular complexity index is 170. The summed E-state index contributed by atoms with van der Waals surface area (Å²) in [6.45, 7) is 4.83. The molecule has 1 N–H and O–H groups in total. The van der Waals surface area contributed by atoms with Crippen molar-refractivity contribution in [3.8, 4) is 0 Å². The van der Waals surface area contributed by atoms with Crippen LogP contribution < -0.4 is 5.32 Å². The summed E-state index contributed by atoms with van der Waals surface area (Å²) in [7, 11) is 0. The van der Waals surface area contributed by atoms with Crippen LogP contribution in [0.5, 0.6) is 0 Å². The lowest BCUT2D eigenvalue weighted by molar-refractivity contribution is -0.142. The van der Waals surface area contributed by atoms with Crippen LogP contribution in [0.25, 0.3) is 0 Å². The average Bonchev–Trinajstić information content (AvgIpc) is 2.04. The second kappa shape index (κ2) is 4.61. The summed E-state index contributed by atoms with van der Waals surface area (Å²) in [6, 6.07) is 0. The Morgan fingerprint density at radius 3 is 2.54 bits per heavy atom. The highest BCUT2D eigenvalue weighted by atomic mass is 16.5. The van der Waals surface area contributed by atoms with E-state index in [2.05, 4.69) is 12.2 Å². The van der Waals surface area contributed by atoms with Crippen molar-refractivity contribution in [2.75, 3.05) is 13.2 Å². The van der Waals surface area contributed by atoms with Crippen LogP contribution in [-0.2, 0) is 9.53 Å². The van der Waals surface area contributed by atoms with Gasteiger partial charge in [0.2, 0.25) is 0 Å². The van der Waals surface area contributed by atoms with Gasteiger partial charge in [0, 0.05) is 5.54 Å². The standard InChI is InChI=1S/C10H19NO2/c1-3-10(6-5-7-10)11-8-9(12)13-4-2/h11H,3-8H2,1-2H3. The van der Waals surface area contributed by atoms with E-state index < -0.39 is 0 Å². The van der Waals surface area contributed by atoms with Gasteiger partial charge >= 0.3 is 5.97 Å². The van der Waals surface area contributed by atoms with Crippen LogP contribution in [0.2, 0.25) is 0 Å². The Balaban J connectivity index is 2.20. The first-order valence-electron chi connectivity index (χ1n) is 5.13. The maximum absolute atomic E-state index is 11.1. The summed E-state index contributed by atoms with van der Waals surface area (Å²) in [6.07, 6.45) is 4.78. The maximum atomic E-state index is 11.1. The molecule has 0 unspecified atom stereocenters. The van der Waals surface area contributed by atoms with Crippen molar-refractivity contribution in [1.82, 2.24) is 5.32 Å². The van der Waals surface area contributed by atoms with Gasteiger partial charge in [0.15, 0.2) is 0 Å². The molecule has 1 aliphatic rings. The summed E-state index contributed by atoms with van der Waals surface area (Å²) in [4.78, 5) is 11.1. The first kappa shape index (κ1) is 10.5. The van der Waals surface area contributed by atoms with Gasteiger partial charge in [-0.15, -0.1) is 0 Å². The summed E-state index contributed by atoms with van der Waals surface area (Å²) in [5.41, 5.74) is 0.243. The number of hydrogen-bond acceptors (Lipinski definition) is 3. The number of carbonyl (C=O) groups is 1. The Morgan fingerprint density at radius 2 is 2.15 bits per heavy atom. The van der Waals surface area contributed by atoms with Gasteiger partial charge in [-0.25, -0.2) is 0 Å². The van der Waals surface area contributed by atoms with Crippen LogP contribution in [0.15, 0.2) is 0 Å². The summed E-state index contributed by atoms with van der Waals surface area (Å²) >= 11 is 0. The molecular formula is C10H19NO2. The molecule has 0 aliphatic heterocycles.